The second-order valence-electron chi connectivity index (χ2n) is 7.40. The van der Waals surface area contributed by atoms with Crippen molar-refractivity contribution < 1.29 is 14.3 Å². The highest BCUT2D eigenvalue weighted by molar-refractivity contribution is 5.94. The molecule has 4 rings (SSSR count). The quantitative estimate of drug-likeness (QED) is 0.460. The van der Waals surface area contributed by atoms with Gasteiger partial charge < -0.3 is 14.8 Å². The van der Waals surface area contributed by atoms with Crippen LogP contribution in [0.1, 0.15) is 21.6 Å². The Morgan fingerprint density at radius 2 is 1.69 bits per heavy atom. The van der Waals surface area contributed by atoms with Crippen LogP contribution in [0.2, 0.25) is 0 Å². The van der Waals surface area contributed by atoms with E-state index in [1.165, 1.54) is 0 Å². The summed E-state index contributed by atoms with van der Waals surface area (Å²) in [7, 11) is 3.21. The number of aromatic nitrogens is 2. The van der Waals surface area contributed by atoms with E-state index in [9.17, 15) is 4.79 Å². The van der Waals surface area contributed by atoms with Gasteiger partial charge in [-0.3, -0.25) is 4.79 Å². The molecule has 6 nitrogen and oxygen atoms in total. The molecule has 4 aromatic rings. The topological polar surface area (TPSA) is 65.4 Å². The van der Waals surface area contributed by atoms with Gasteiger partial charge in [0.05, 0.1) is 25.6 Å². The summed E-state index contributed by atoms with van der Waals surface area (Å²) in [5.74, 6) is 1.10. The molecule has 0 saturated carbocycles. The summed E-state index contributed by atoms with van der Waals surface area (Å²) in [6.07, 6.45) is 0. The smallest absolute Gasteiger partial charge is 0.270 e. The molecule has 0 spiro atoms. The molecule has 0 radical (unpaired) electrons. The third kappa shape index (κ3) is 4.49. The van der Waals surface area contributed by atoms with Crippen molar-refractivity contribution in [1.82, 2.24) is 15.1 Å². The molecule has 0 aliphatic carbocycles. The summed E-state index contributed by atoms with van der Waals surface area (Å²) in [5, 5.41) is 7.75. The van der Waals surface area contributed by atoms with E-state index < -0.39 is 0 Å². The number of carbonyl (C=O) groups excluding carboxylic acids is 1. The fourth-order valence-electron chi connectivity index (χ4n) is 3.44. The molecule has 0 unspecified atom stereocenters. The fraction of sp³-hybridized carbons (Fsp3) is 0.154. The average Bonchev–Trinajstić information content (AvgIpc) is 3.28. The molecule has 1 heterocycles. The van der Waals surface area contributed by atoms with Gasteiger partial charge in [0, 0.05) is 18.2 Å². The van der Waals surface area contributed by atoms with Crippen LogP contribution in [-0.4, -0.2) is 29.9 Å². The maximum atomic E-state index is 13.2. The van der Waals surface area contributed by atoms with Crippen LogP contribution in [0.25, 0.3) is 16.9 Å². The molecule has 0 aliphatic rings. The number of hydrogen-bond donors (Lipinski definition) is 1. The lowest BCUT2D eigenvalue weighted by molar-refractivity contribution is 0.0943. The molecule has 3 aromatic carbocycles. The van der Waals surface area contributed by atoms with Gasteiger partial charge in [-0.1, -0.05) is 48.0 Å². The highest BCUT2D eigenvalue weighted by Gasteiger charge is 2.20. The van der Waals surface area contributed by atoms with Gasteiger partial charge in [0.25, 0.3) is 5.91 Å². The standard InChI is InChI=1S/C26H25N3O3/c1-18-9-11-20(12-10-18)29-24(26(30)27-17-19-7-5-4-6-8-19)16-23(28-29)22-14-13-21(31-2)15-25(22)32-3/h4-16H,17H2,1-3H3,(H,27,30). The molecule has 0 fully saturated rings. The molecule has 1 amide bonds. The molecule has 0 atom stereocenters. The Morgan fingerprint density at radius 3 is 2.38 bits per heavy atom. The van der Waals surface area contributed by atoms with Crippen LogP contribution in [-0.2, 0) is 6.54 Å². The largest absolute Gasteiger partial charge is 0.497 e. The van der Waals surface area contributed by atoms with E-state index >= 15 is 0 Å². The van der Waals surface area contributed by atoms with Crippen LogP contribution in [0.5, 0.6) is 11.5 Å². The Hall–Kier alpha value is -4.06. The highest BCUT2D eigenvalue weighted by atomic mass is 16.5. The van der Waals surface area contributed by atoms with Gasteiger partial charge in [-0.05, 0) is 42.8 Å². The number of benzene rings is 3. The Labute approximate surface area is 187 Å². The van der Waals surface area contributed by atoms with E-state index in [0.717, 1.165) is 22.4 Å². The van der Waals surface area contributed by atoms with Gasteiger partial charge >= 0.3 is 0 Å². The Kier molecular flexibility index (Phi) is 6.22. The number of carbonyl (C=O) groups is 1. The molecular weight excluding hydrogens is 402 g/mol. The second-order valence-corrected chi connectivity index (χ2v) is 7.40. The minimum Gasteiger partial charge on any atom is -0.497 e. The third-order valence-corrected chi connectivity index (χ3v) is 5.20. The predicted molar refractivity (Wildman–Crippen MR) is 124 cm³/mol. The minimum atomic E-state index is -0.208. The minimum absolute atomic E-state index is 0.208. The van der Waals surface area contributed by atoms with Gasteiger partial charge in [-0.2, -0.15) is 5.10 Å². The average molecular weight is 428 g/mol. The van der Waals surface area contributed by atoms with Gasteiger partial charge in [0.2, 0.25) is 0 Å². The first-order valence-electron chi connectivity index (χ1n) is 10.3. The van der Waals surface area contributed by atoms with Crippen LogP contribution < -0.4 is 14.8 Å². The Morgan fingerprint density at radius 1 is 0.938 bits per heavy atom. The summed E-state index contributed by atoms with van der Waals surface area (Å²) >= 11 is 0. The summed E-state index contributed by atoms with van der Waals surface area (Å²) in [5.41, 5.74) is 4.82. The van der Waals surface area contributed by atoms with E-state index in [-0.39, 0.29) is 5.91 Å². The molecule has 1 N–H and O–H groups in total. The van der Waals surface area contributed by atoms with Crippen LogP contribution in [0.4, 0.5) is 0 Å². The molecule has 162 valence electrons. The first-order valence-corrected chi connectivity index (χ1v) is 10.3. The number of nitrogens with zero attached hydrogens (tertiary/aromatic N) is 2. The SMILES string of the molecule is COc1ccc(-c2cc(C(=O)NCc3ccccc3)n(-c3ccc(C)cc3)n2)c(OC)c1. The van der Waals surface area contributed by atoms with Crippen molar-refractivity contribution in [2.75, 3.05) is 14.2 Å². The van der Waals surface area contributed by atoms with Crippen molar-refractivity contribution in [2.24, 2.45) is 0 Å². The highest BCUT2D eigenvalue weighted by Crippen LogP contribution is 2.33. The summed E-state index contributed by atoms with van der Waals surface area (Å²) in [6.45, 7) is 2.45. The number of amides is 1. The van der Waals surface area contributed by atoms with Gasteiger partial charge in [-0.15, -0.1) is 0 Å². The van der Waals surface area contributed by atoms with Crippen LogP contribution in [0.15, 0.2) is 78.9 Å². The van der Waals surface area contributed by atoms with Crippen molar-refractivity contribution in [3.63, 3.8) is 0 Å². The first kappa shape index (κ1) is 21.2. The fourth-order valence-corrected chi connectivity index (χ4v) is 3.44. The van der Waals surface area contributed by atoms with Crippen molar-refractivity contribution >= 4 is 5.91 Å². The Balaban J connectivity index is 1.73. The van der Waals surface area contributed by atoms with E-state index in [2.05, 4.69) is 5.32 Å². The number of hydrogen-bond acceptors (Lipinski definition) is 4. The summed E-state index contributed by atoms with van der Waals surface area (Å²) < 4.78 is 12.5. The normalized spacial score (nSPS) is 10.6. The molecule has 0 aliphatic heterocycles. The van der Waals surface area contributed by atoms with Crippen LogP contribution in [0.3, 0.4) is 0 Å². The third-order valence-electron chi connectivity index (χ3n) is 5.20. The molecular formula is C26H25N3O3. The van der Waals surface area contributed by atoms with Crippen molar-refractivity contribution in [3.05, 3.63) is 95.7 Å². The lowest BCUT2D eigenvalue weighted by Gasteiger charge is -2.09. The lowest BCUT2D eigenvalue weighted by atomic mass is 10.1. The predicted octanol–water partition coefficient (Wildman–Crippen LogP) is 4.79. The maximum Gasteiger partial charge on any atom is 0.270 e. The van der Waals surface area contributed by atoms with Crippen LogP contribution >= 0.6 is 0 Å². The van der Waals surface area contributed by atoms with Crippen molar-refractivity contribution in [3.8, 4) is 28.4 Å². The number of rotatable bonds is 7. The molecule has 0 saturated heterocycles. The first-order chi connectivity index (χ1) is 15.6. The zero-order valence-electron chi connectivity index (χ0n) is 18.3. The van der Waals surface area contributed by atoms with Crippen molar-refractivity contribution in [2.45, 2.75) is 13.5 Å². The van der Waals surface area contributed by atoms with E-state index in [0.29, 0.717) is 29.4 Å². The number of aryl methyl sites for hydroxylation is 1. The van der Waals surface area contributed by atoms with Gasteiger partial charge in [-0.25, -0.2) is 4.68 Å². The number of ether oxygens (including phenoxy) is 2. The van der Waals surface area contributed by atoms with Gasteiger partial charge in [0.15, 0.2) is 0 Å². The lowest BCUT2D eigenvalue weighted by Crippen LogP contribution is -2.25. The summed E-state index contributed by atoms with van der Waals surface area (Å²) in [4.78, 5) is 13.2. The monoisotopic (exact) mass is 427 g/mol. The zero-order chi connectivity index (χ0) is 22.5. The zero-order valence-corrected chi connectivity index (χ0v) is 18.3. The second kappa shape index (κ2) is 9.39. The maximum absolute atomic E-state index is 13.2. The Bertz CT molecular complexity index is 1220. The van der Waals surface area contributed by atoms with Crippen LogP contribution in [0, 0.1) is 6.92 Å². The van der Waals surface area contributed by atoms with Crippen molar-refractivity contribution in [1.29, 1.82) is 0 Å². The summed E-state index contributed by atoms with van der Waals surface area (Å²) in [6, 6.07) is 25.0. The molecule has 0 bridgehead atoms. The molecule has 6 heteroatoms. The van der Waals surface area contributed by atoms with E-state index in [4.69, 9.17) is 14.6 Å². The van der Waals surface area contributed by atoms with E-state index in [1.54, 1.807) is 31.0 Å². The number of nitrogens with one attached hydrogen (secondary N) is 1. The van der Waals surface area contributed by atoms with E-state index in [1.807, 2.05) is 73.7 Å². The van der Waals surface area contributed by atoms with Gasteiger partial charge in [0.1, 0.15) is 17.2 Å². The molecule has 1 aromatic heterocycles. The molecule has 32 heavy (non-hydrogen) atoms. The number of methoxy groups -OCH3 is 2.